The number of nitrogens with two attached hydrogens (primary N) is 1. The van der Waals surface area contributed by atoms with E-state index in [0.29, 0.717) is 18.3 Å². The van der Waals surface area contributed by atoms with Crippen molar-refractivity contribution < 1.29 is 4.52 Å². The van der Waals surface area contributed by atoms with Crippen molar-refractivity contribution in [3.63, 3.8) is 0 Å². The first kappa shape index (κ1) is 14.5. The molecular formula is C16H20ClN3O. The van der Waals surface area contributed by atoms with Gasteiger partial charge in [0.15, 0.2) is 5.82 Å². The number of benzene rings is 1. The largest absolute Gasteiger partial charge is 0.339 e. The van der Waals surface area contributed by atoms with E-state index in [9.17, 15) is 0 Å². The Morgan fingerprint density at radius 3 is 2.76 bits per heavy atom. The second-order valence-electron chi connectivity index (χ2n) is 5.81. The number of hydrogen-bond acceptors (Lipinski definition) is 4. The highest BCUT2D eigenvalue weighted by molar-refractivity contribution is 6.30. The molecule has 1 aliphatic carbocycles. The molecule has 1 saturated carbocycles. The zero-order valence-electron chi connectivity index (χ0n) is 12.0. The maximum absolute atomic E-state index is 5.99. The number of halogens is 1. The van der Waals surface area contributed by atoms with Crippen LogP contribution < -0.4 is 5.73 Å². The molecule has 1 aromatic carbocycles. The van der Waals surface area contributed by atoms with Crippen molar-refractivity contribution in [1.82, 2.24) is 10.1 Å². The van der Waals surface area contributed by atoms with Gasteiger partial charge in [-0.15, -0.1) is 0 Å². The van der Waals surface area contributed by atoms with Gasteiger partial charge in [0.2, 0.25) is 5.89 Å². The highest BCUT2D eigenvalue weighted by Crippen LogP contribution is 2.34. The molecule has 1 heterocycles. The molecule has 5 heteroatoms. The molecule has 0 radical (unpaired) electrons. The first-order chi connectivity index (χ1) is 10.2. The van der Waals surface area contributed by atoms with Crippen LogP contribution in [0.4, 0.5) is 0 Å². The Bertz CT molecular complexity index is 591. The van der Waals surface area contributed by atoms with Crippen molar-refractivity contribution >= 4 is 11.6 Å². The topological polar surface area (TPSA) is 64.9 Å². The lowest BCUT2D eigenvalue weighted by atomic mass is 9.82. The second-order valence-corrected chi connectivity index (χ2v) is 6.25. The molecule has 0 saturated heterocycles. The summed E-state index contributed by atoms with van der Waals surface area (Å²) in [5, 5.41) is 4.83. The summed E-state index contributed by atoms with van der Waals surface area (Å²) in [4.78, 5) is 4.56. The van der Waals surface area contributed by atoms with Gasteiger partial charge in [-0.1, -0.05) is 28.9 Å². The summed E-state index contributed by atoms with van der Waals surface area (Å²) in [7, 11) is 0. The first-order valence-electron chi connectivity index (χ1n) is 7.51. The summed E-state index contributed by atoms with van der Waals surface area (Å²) >= 11 is 5.99. The number of rotatable bonds is 4. The lowest BCUT2D eigenvalue weighted by Gasteiger charge is -2.24. The molecule has 2 aromatic rings. The van der Waals surface area contributed by atoms with E-state index in [-0.39, 0.29) is 0 Å². The Morgan fingerprint density at radius 1 is 1.24 bits per heavy atom. The standard InChI is InChI=1S/C16H20ClN3O/c17-14-3-1-2-12(8-14)9-15-19-16(21-20-15)13-6-4-11(10-18)5-7-13/h1-3,8,11,13H,4-7,9-10,18H2. The summed E-state index contributed by atoms with van der Waals surface area (Å²) in [6.07, 6.45) is 5.17. The number of nitrogens with zero attached hydrogens (tertiary/aromatic N) is 2. The Balaban J connectivity index is 1.64. The summed E-state index contributed by atoms with van der Waals surface area (Å²) in [6.45, 7) is 0.788. The van der Waals surface area contributed by atoms with Crippen LogP contribution in [-0.2, 0) is 6.42 Å². The van der Waals surface area contributed by atoms with Gasteiger partial charge in [0.05, 0.1) is 0 Å². The van der Waals surface area contributed by atoms with E-state index in [1.807, 2.05) is 24.3 Å². The third kappa shape index (κ3) is 3.63. The third-order valence-electron chi connectivity index (χ3n) is 4.26. The van der Waals surface area contributed by atoms with Crippen LogP contribution in [0.3, 0.4) is 0 Å². The van der Waals surface area contributed by atoms with E-state index < -0.39 is 0 Å². The molecule has 0 aliphatic heterocycles. The van der Waals surface area contributed by atoms with Crippen molar-refractivity contribution in [2.75, 3.05) is 6.54 Å². The van der Waals surface area contributed by atoms with Gasteiger partial charge in [0, 0.05) is 17.4 Å². The summed E-state index contributed by atoms with van der Waals surface area (Å²) in [5.74, 6) is 2.57. The van der Waals surface area contributed by atoms with Crippen LogP contribution in [0.2, 0.25) is 5.02 Å². The zero-order chi connectivity index (χ0) is 14.7. The maximum atomic E-state index is 5.99. The van der Waals surface area contributed by atoms with Crippen molar-refractivity contribution in [2.24, 2.45) is 11.7 Å². The Kier molecular flexibility index (Phi) is 4.56. The van der Waals surface area contributed by atoms with E-state index in [0.717, 1.165) is 54.5 Å². The Hall–Kier alpha value is -1.39. The molecule has 112 valence electrons. The fourth-order valence-electron chi connectivity index (χ4n) is 2.98. The van der Waals surface area contributed by atoms with Gasteiger partial charge in [0.1, 0.15) is 0 Å². The molecule has 0 amide bonds. The van der Waals surface area contributed by atoms with Crippen LogP contribution in [0.5, 0.6) is 0 Å². The van der Waals surface area contributed by atoms with Crippen molar-refractivity contribution in [3.05, 3.63) is 46.6 Å². The maximum Gasteiger partial charge on any atom is 0.229 e. The van der Waals surface area contributed by atoms with Crippen LogP contribution in [0.15, 0.2) is 28.8 Å². The minimum absolute atomic E-state index is 0.397. The summed E-state index contributed by atoms with van der Waals surface area (Å²) < 4.78 is 5.45. The van der Waals surface area contributed by atoms with Crippen molar-refractivity contribution in [3.8, 4) is 0 Å². The van der Waals surface area contributed by atoms with Crippen molar-refractivity contribution in [2.45, 2.75) is 38.0 Å². The van der Waals surface area contributed by atoms with Gasteiger partial charge >= 0.3 is 0 Å². The molecule has 1 aliphatic rings. The van der Waals surface area contributed by atoms with Gasteiger partial charge in [-0.2, -0.15) is 4.98 Å². The van der Waals surface area contributed by atoms with Crippen LogP contribution in [0, 0.1) is 5.92 Å². The van der Waals surface area contributed by atoms with Crippen LogP contribution in [0.25, 0.3) is 0 Å². The molecule has 0 unspecified atom stereocenters. The molecule has 1 aromatic heterocycles. The van der Waals surface area contributed by atoms with Crippen LogP contribution >= 0.6 is 11.6 Å². The highest BCUT2D eigenvalue weighted by atomic mass is 35.5. The quantitative estimate of drug-likeness (QED) is 0.938. The number of aromatic nitrogens is 2. The van der Waals surface area contributed by atoms with E-state index in [1.165, 1.54) is 0 Å². The SMILES string of the molecule is NCC1CCC(c2nc(Cc3cccc(Cl)c3)no2)CC1. The third-order valence-corrected chi connectivity index (χ3v) is 4.50. The lowest BCUT2D eigenvalue weighted by Crippen LogP contribution is -2.20. The zero-order valence-corrected chi connectivity index (χ0v) is 12.7. The average molecular weight is 306 g/mol. The molecule has 1 fully saturated rings. The Morgan fingerprint density at radius 2 is 2.05 bits per heavy atom. The smallest absolute Gasteiger partial charge is 0.229 e. The average Bonchev–Trinajstić information content (AvgIpc) is 2.96. The predicted molar refractivity (Wildman–Crippen MR) is 82.3 cm³/mol. The van der Waals surface area contributed by atoms with Gasteiger partial charge in [-0.3, -0.25) is 0 Å². The van der Waals surface area contributed by atoms with Crippen LogP contribution in [0.1, 0.15) is 48.9 Å². The van der Waals surface area contributed by atoms with Gasteiger partial charge < -0.3 is 10.3 Å². The molecule has 2 N–H and O–H groups in total. The van der Waals surface area contributed by atoms with E-state index in [2.05, 4.69) is 10.1 Å². The minimum atomic E-state index is 0.397. The minimum Gasteiger partial charge on any atom is -0.339 e. The van der Waals surface area contributed by atoms with Crippen molar-refractivity contribution in [1.29, 1.82) is 0 Å². The normalized spacial score (nSPS) is 22.4. The predicted octanol–water partition coefficient (Wildman–Crippen LogP) is 3.55. The van der Waals surface area contributed by atoms with E-state index >= 15 is 0 Å². The van der Waals surface area contributed by atoms with Crippen LogP contribution in [-0.4, -0.2) is 16.7 Å². The lowest BCUT2D eigenvalue weighted by molar-refractivity contribution is 0.274. The van der Waals surface area contributed by atoms with Gasteiger partial charge in [-0.25, -0.2) is 0 Å². The fraction of sp³-hybridized carbons (Fsp3) is 0.500. The molecule has 0 atom stereocenters. The number of hydrogen-bond donors (Lipinski definition) is 1. The Labute approximate surface area is 129 Å². The fourth-order valence-corrected chi connectivity index (χ4v) is 3.19. The molecule has 0 bridgehead atoms. The molecule has 0 spiro atoms. The van der Waals surface area contributed by atoms with Gasteiger partial charge in [0.25, 0.3) is 0 Å². The van der Waals surface area contributed by atoms with E-state index in [1.54, 1.807) is 0 Å². The molecule has 3 rings (SSSR count). The summed E-state index contributed by atoms with van der Waals surface area (Å²) in [5.41, 5.74) is 6.83. The summed E-state index contributed by atoms with van der Waals surface area (Å²) in [6, 6.07) is 7.76. The highest BCUT2D eigenvalue weighted by Gasteiger charge is 2.25. The molecular weight excluding hydrogens is 286 g/mol. The molecule has 21 heavy (non-hydrogen) atoms. The second kappa shape index (κ2) is 6.58. The monoisotopic (exact) mass is 305 g/mol. The first-order valence-corrected chi connectivity index (χ1v) is 7.89. The van der Waals surface area contributed by atoms with Gasteiger partial charge in [-0.05, 0) is 55.8 Å². The van der Waals surface area contributed by atoms with E-state index in [4.69, 9.17) is 21.9 Å². The molecule has 4 nitrogen and oxygen atoms in total.